The Bertz CT molecular complexity index is 907. The van der Waals surface area contributed by atoms with E-state index in [0.29, 0.717) is 16.9 Å². The number of carbonyl (C=O) groups excluding carboxylic acids is 3. The van der Waals surface area contributed by atoms with E-state index < -0.39 is 30.5 Å². The summed E-state index contributed by atoms with van der Waals surface area (Å²) in [4.78, 5) is 41.5. The van der Waals surface area contributed by atoms with Gasteiger partial charge in [0.25, 0.3) is 5.91 Å². The second-order valence-electron chi connectivity index (χ2n) is 6.95. The normalized spacial score (nSPS) is 12.1. The number of amides is 1. The minimum absolute atomic E-state index is 0.171. The Kier molecular flexibility index (Phi) is 6.95. The number of ether oxygens (including phenoxy) is 2. The lowest BCUT2D eigenvalue weighted by molar-refractivity contribution is -0.145. The third-order valence-corrected chi connectivity index (χ3v) is 5.15. The molecule has 8 nitrogen and oxygen atoms in total. The van der Waals surface area contributed by atoms with E-state index in [2.05, 4.69) is 10.3 Å². The number of anilines is 1. The fraction of sp³-hybridized carbons (Fsp3) is 0.474. The first-order valence-corrected chi connectivity index (χ1v) is 9.66. The maximum atomic E-state index is 12.4. The molecule has 1 amide bonds. The molecule has 152 valence electrons. The quantitative estimate of drug-likeness (QED) is 0.676. The molecule has 2 aromatic heterocycles. The van der Waals surface area contributed by atoms with Gasteiger partial charge >= 0.3 is 11.9 Å². The van der Waals surface area contributed by atoms with Gasteiger partial charge in [-0.25, -0.2) is 14.6 Å². The summed E-state index contributed by atoms with van der Waals surface area (Å²) in [5, 5.41) is 3.25. The smallest absolute Gasteiger partial charge is 0.351 e. The Hall–Kier alpha value is -2.68. The number of nitrogens with one attached hydrogen (secondary N) is 1. The van der Waals surface area contributed by atoms with Gasteiger partial charge in [0.2, 0.25) is 0 Å². The van der Waals surface area contributed by atoms with Crippen molar-refractivity contribution in [3.05, 3.63) is 22.2 Å². The second kappa shape index (κ2) is 9.01. The molecule has 9 heteroatoms. The minimum Gasteiger partial charge on any atom is -0.467 e. The van der Waals surface area contributed by atoms with E-state index in [9.17, 15) is 14.4 Å². The Morgan fingerprint density at radius 1 is 1.29 bits per heavy atom. The van der Waals surface area contributed by atoms with Gasteiger partial charge in [-0.15, -0.1) is 11.3 Å². The maximum absolute atomic E-state index is 12.4. The van der Waals surface area contributed by atoms with Gasteiger partial charge in [-0.3, -0.25) is 4.79 Å². The fourth-order valence-electron chi connectivity index (χ4n) is 2.88. The number of nitrogens with zero attached hydrogens (tertiary/aromatic N) is 1. The van der Waals surface area contributed by atoms with Crippen LogP contribution in [-0.2, 0) is 19.1 Å². The van der Waals surface area contributed by atoms with Crippen molar-refractivity contribution in [1.29, 1.82) is 0 Å². The number of nitrogen functional groups attached to an aromatic ring is 1. The molecule has 2 aromatic rings. The molecular weight excluding hydrogens is 382 g/mol. The Morgan fingerprint density at radius 3 is 2.57 bits per heavy atom. The van der Waals surface area contributed by atoms with E-state index in [1.54, 1.807) is 0 Å². The molecule has 2 heterocycles. The van der Waals surface area contributed by atoms with E-state index in [0.717, 1.165) is 28.0 Å². The van der Waals surface area contributed by atoms with Crippen molar-refractivity contribution in [2.45, 2.75) is 40.2 Å². The number of aryl methyl sites for hydroxylation is 2. The predicted molar refractivity (Wildman–Crippen MR) is 107 cm³/mol. The van der Waals surface area contributed by atoms with Crippen molar-refractivity contribution in [3.8, 4) is 0 Å². The summed E-state index contributed by atoms with van der Waals surface area (Å²) in [7, 11) is 1.25. The first-order chi connectivity index (χ1) is 13.1. The van der Waals surface area contributed by atoms with Crippen molar-refractivity contribution >= 4 is 45.1 Å². The number of nitrogens with two attached hydrogens (primary N) is 1. The van der Waals surface area contributed by atoms with Crippen LogP contribution in [0.5, 0.6) is 0 Å². The molecule has 0 spiro atoms. The lowest BCUT2D eigenvalue weighted by Gasteiger charge is -2.18. The van der Waals surface area contributed by atoms with Crippen LogP contribution in [0.4, 0.5) is 5.69 Å². The fourth-order valence-corrected chi connectivity index (χ4v) is 3.99. The molecule has 0 aliphatic rings. The number of hydrogen-bond acceptors (Lipinski definition) is 8. The number of aromatic nitrogens is 1. The van der Waals surface area contributed by atoms with Gasteiger partial charge in [0, 0.05) is 11.1 Å². The highest BCUT2D eigenvalue weighted by Crippen LogP contribution is 2.35. The average Bonchev–Trinajstić information content (AvgIpc) is 2.94. The number of fused-ring (bicyclic) bond motifs is 1. The predicted octanol–water partition coefficient (Wildman–Crippen LogP) is 2.36. The number of carbonyl (C=O) groups is 3. The minimum atomic E-state index is -0.791. The Balaban J connectivity index is 2.06. The number of methoxy groups -OCH3 is 1. The molecule has 1 unspecified atom stereocenters. The van der Waals surface area contributed by atoms with Crippen LogP contribution in [0.25, 0.3) is 10.2 Å². The Labute approximate surface area is 167 Å². The molecule has 2 rings (SSSR count). The van der Waals surface area contributed by atoms with Crippen molar-refractivity contribution in [1.82, 2.24) is 10.3 Å². The zero-order valence-corrected chi connectivity index (χ0v) is 17.4. The Morgan fingerprint density at radius 2 is 1.96 bits per heavy atom. The lowest BCUT2D eigenvalue weighted by atomic mass is 10.0. The summed E-state index contributed by atoms with van der Waals surface area (Å²) >= 11 is 1.13. The van der Waals surface area contributed by atoms with Crippen LogP contribution in [-0.4, -0.2) is 42.6 Å². The number of thiophene rings is 1. The van der Waals surface area contributed by atoms with Crippen molar-refractivity contribution in [3.63, 3.8) is 0 Å². The maximum Gasteiger partial charge on any atom is 0.351 e. The van der Waals surface area contributed by atoms with Crippen LogP contribution in [0, 0.1) is 19.8 Å². The monoisotopic (exact) mass is 407 g/mol. The van der Waals surface area contributed by atoms with E-state index in [4.69, 9.17) is 15.2 Å². The van der Waals surface area contributed by atoms with E-state index in [-0.39, 0.29) is 10.8 Å². The molecule has 0 aliphatic heterocycles. The molecule has 28 heavy (non-hydrogen) atoms. The van der Waals surface area contributed by atoms with Gasteiger partial charge in [0.15, 0.2) is 6.61 Å². The zero-order chi connectivity index (χ0) is 21.0. The summed E-state index contributed by atoms with van der Waals surface area (Å²) in [6.07, 6.45) is 0.417. The number of pyridine rings is 1. The van der Waals surface area contributed by atoms with Crippen LogP contribution < -0.4 is 11.1 Å². The highest BCUT2D eigenvalue weighted by molar-refractivity contribution is 7.21. The first-order valence-electron chi connectivity index (χ1n) is 8.84. The van der Waals surface area contributed by atoms with Gasteiger partial charge in [-0.05, 0) is 37.8 Å². The van der Waals surface area contributed by atoms with E-state index in [1.807, 2.05) is 33.8 Å². The average molecular weight is 407 g/mol. The second-order valence-corrected chi connectivity index (χ2v) is 7.95. The summed E-state index contributed by atoms with van der Waals surface area (Å²) < 4.78 is 9.79. The molecule has 0 bridgehead atoms. The highest BCUT2D eigenvalue weighted by Gasteiger charge is 2.24. The van der Waals surface area contributed by atoms with Gasteiger partial charge in [0.05, 0.1) is 12.8 Å². The largest absolute Gasteiger partial charge is 0.467 e. The van der Waals surface area contributed by atoms with Crippen LogP contribution in [0.1, 0.15) is 41.2 Å². The molecule has 0 saturated carbocycles. The summed E-state index contributed by atoms with van der Waals surface area (Å²) in [5.41, 5.74) is 8.14. The first kappa shape index (κ1) is 21.6. The van der Waals surface area contributed by atoms with Crippen molar-refractivity contribution in [2.24, 2.45) is 5.92 Å². The van der Waals surface area contributed by atoms with Crippen molar-refractivity contribution in [2.75, 3.05) is 19.5 Å². The third kappa shape index (κ3) is 4.98. The standard InChI is InChI=1S/C19H25N3O5S/c1-9(2)6-12(18(24)26-5)22-13(23)8-27-19(25)16-15(20)14-10(3)7-11(4)21-17(14)28-16/h7,9,12H,6,8,20H2,1-5H3,(H,22,23). The topological polar surface area (TPSA) is 121 Å². The summed E-state index contributed by atoms with van der Waals surface area (Å²) in [6.45, 7) is 7.07. The van der Waals surface area contributed by atoms with Crippen molar-refractivity contribution < 1.29 is 23.9 Å². The summed E-state index contributed by atoms with van der Waals surface area (Å²) in [5.74, 6) is -1.66. The molecule has 0 radical (unpaired) electrons. The van der Waals surface area contributed by atoms with Crippen LogP contribution in [0.2, 0.25) is 0 Å². The number of hydrogen-bond donors (Lipinski definition) is 2. The molecule has 0 fully saturated rings. The number of rotatable bonds is 7. The molecule has 0 aromatic carbocycles. The number of esters is 2. The summed E-state index contributed by atoms with van der Waals surface area (Å²) in [6, 6.07) is 1.09. The van der Waals surface area contributed by atoms with Gasteiger partial charge < -0.3 is 20.5 Å². The van der Waals surface area contributed by atoms with Gasteiger partial charge in [-0.2, -0.15) is 0 Å². The van der Waals surface area contributed by atoms with Crippen LogP contribution >= 0.6 is 11.3 Å². The van der Waals surface area contributed by atoms with E-state index in [1.165, 1.54) is 7.11 Å². The third-order valence-electron chi connectivity index (χ3n) is 4.07. The van der Waals surface area contributed by atoms with E-state index >= 15 is 0 Å². The molecule has 1 atom stereocenters. The molecule has 0 aliphatic carbocycles. The van der Waals surface area contributed by atoms with Crippen LogP contribution in [0.3, 0.4) is 0 Å². The molecule has 0 saturated heterocycles. The zero-order valence-electron chi connectivity index (χ0n) is 16.6. The lowest BCUT2D eigenvalue weighted by Crippen LogP contribution is -2.44. The van der Waals surface area contributed by atoms with Gasteiger partial charge in [0.1, 0.15) is 15.7 Å². The van der Waals surface area contributed by atoms with Gasteiger partial charge in [-0.1, -0.05) is 13.8 Å². The van der Waals surface area contributed by atoms with Crippen LogP contribution in [0.15, 0.2) is 6.07 Å². The molecular formula is C19H25N3O5S. The highest BCUT2D eigenvalue weighted by atomic mass is 32.1. The SMILES string of the molecule is COC(=O)C(CC(C)C)NC(=O)COC(=O)c1sc2nc(C)cc(C)c2c1N. The molecule has 3 N–H and O–H groups in total.